The van der Waals surface area contributed by atoms with E-state index in [2.05, 4.69) is 31.2 Å². The van der Waals surface area contributed by atoms with Crippen molar-refractivity contribution in [3.63, 3.8) is 0 Å². The van der Waals surface area contributed by atoms with Crippen LogP contribution < -0.4 is 5.73 Å². The van der Waals surface area contributed by atoms with E-state index in [0.29, 0.717) is 5.41 Å². The van der Waals surface area contributed by atoms with Crippen molar-refractivity contribution in [3.05, 3.63) is 35.4 Å². The third-order valence-corrected chi connectivity index (χ3v) is 3.85. The van der Waals surface area contributed by atoms with Gasteiger partial charge in [-0.05, 0) is 43.7 Å². The van der Waals surface area contributed by atoms with Crippen molar-refractivity contribution >= 4 is 0 Å². The first-order chi connectivity index (χ1) is 7.27. The van der Waals surface area contributed by atoms with Crippen LogP contribution in [0.4, 0.5) is 0 Å². The molecule has 0 atom stereocenters. The minimum atomic E-state index is 0.405. The lowest BCUT2D eigenvalue weighted by molar-refractivity contribution is 0.412. The minimum absolute atomic E-state index is 0.405. The number of rotatable bonds is 3. The van der Waals surface area contributed by atoms with Gasteiger partial charge >= 0.3 is 0 Å². The van der Waals surface area contributed by atoms with Gasteiger partial charge in [0.2, 0.25) is 0 Å². The van der Waals surface area contributed by atoms with E-state index < -0.39 is 0 Å². The van der Waals surface area contributed by atoms with Crippen LogP contribution in [0, 0.1) is 6.92 Å². The zero-order valence-electron chi connectivity index (χ0n) is 9.63. The first-order valence-corrected chi connectivity index (χ1v) is 6.04. The maximum absolute atomic E-state index is 5.76. The average Bonchev–Trinajstić information content (AvgIpc) is 2.69. The molecule has 15 heavy (non-hydrogen) atoms. The van der Waals surface area contributed by atoms with E-state index in [9.17, 15) is 0 Å². The summed E-state index contributed by atoms with van der Waals surface area (Å²) in [6.45, 7) is 2.96. The van der Waals surface area contributed by atoms with E-state index in [4.69, 9.17) is 5.73 Å². The fourth-order valence-corrected chi connectivity index (χ4v) is 2.92. The van der Waals surface area contributed by atoms with E-state index in [1.807, 2.05) is 0 Å². The molecule has 1 aromatic rings. The Morgan fingerprint density at radius 2 is 1.73 bits per heavy atom. The van der Waals surface area contributed by atoms with Crippen LogP contribution >= 0.6 is 0 Å². The highest BCUT2D eigenvalue weighted by atomic mass is 14.5. The normalized spacial score (nSPS) is 19.3. The summed E-state index contributed by atoms with van der Waals surface area (Å²) in [4.78, 5) is 0. The Morgan fingerprint density at radius 1 is 1.13 bits per heavy atom. The van der Waals surface area contributed by atoms with Gasteiger partial charge in [-0.2, -0.15) is 0 Å². The molecule has 1 aliphatic rings. The Morgan fingerprint density at radius 3 is 2.27 bits per heavy atom. The van der Waals surface area contributed by atoms with Gasteiger partial charge in [-0.15, -0.1) is 0 Å². The van der Waals surface area contributed by atoms with E-state index in [0.717, 1.165) is 13.0 Å². The molecule has 0 aliphatic heterocycles. The topological polar surface area (TPSA) is 26.0 Å². The monoisotopic (exact) mass is 203 g/mol. The molecular formula is C14H21N. The lowest BCUT2D eigenvalue weighted by Gasteiger charge is -2.29. The van der Waals surface area contributed by atoms with Gasteiger partial charge in [0.1, 0.15) is 0 Å². The molecule has 1 heteroatoms. The number of aryl methyl sites for hydroxylation is 1. The quantitative estimate of drug-likeness (QED) is 0.802. The molecule has 0 bridgehead atoms. The van der Waals surface area contributed by atoms with Crippen LogP contribution in [0.15, 0.2) is 24.3 Å². The lowest BCUT2D eigenvalue weighted by Crippen LogP contribution is -2.25. The highest BCUT2D eigenvalue weighted by Gasteiger charge is 2.34. The number of benzene rings is 1. The van der Waals surface area contributed by atoms with Crippen LogP contribution in [-0.4, -0.2) is 6.54 Å². The van der Waals surface area contributed by atoms with Gasteiger partial charge < -0.3 is 5.73 Å². The summed E-state index contributed by atoms with van der Waals surface area (Å²) in [7, 11) is 0. The second-order valence-corrected chi connectivity index (χ2v) is 4.89. The van der Waals surface area contributed by atoms with E-state index in [-0.39, 0.29) is 0 Å². The molecule has 0 amide bonds. The smallest absolute Gasteiger partial charge is 0.00350 e. The van der Waals surface area contributed by atoms with Gasteiger partial charge in [0.15, 0.2) is 0 Å². The summed E-state index contributed by atoms with van der Waals surface area (Å²) in [5, 5.41) is 0. The summed E-state index contributed by atoms with van der Waals surface area (Å²) in [6.07, 6.45) is 6.54. The molecular weight excluding hydrogens is 182 g/mol. The van der Waals surface area contributed by atoms with Gasteiger partial charge in [0.05, 0.1) is 0 Å². The molecule has 0 saturated heterocycles. The van der Waals surface area contributed by atoms with Gasteiger partial charge in [-0.1, -0.05) is 42.7 Å². The van der Waals surface area contributed by atoms with Crippen LogP contribution in [0.1, 0.15) is 43.2 Å². The minimum Gasteiger partial charge on any atom is -0.330 e. The standard InChI is InChI=1S/C14H21N/c1-12-4-6-13(7-5-12)14(10-11-15)8-2-3-9-14/h4-7H,2-3,8-11,15H2,1H3. The molecule has 2 N–H and O–H groups in total. The summed E-state index contributed by atoms with van der Waals surface area (Å²) in [6, 6.07) is 9.06. The Balaban J connectivity index is 2.28. The summed E-state index contributed by atoms with van der Waals surface area (Å²) in [5.41, 5.74) is 9.02. The van der Waals surface area contributed by atoms with E-state index in [1.165, 1.54) is 36.8 Å². The first-order valence-electron chi connectivity index (χ1n) is 6.04. The van der Waals surface area contributed by atoms with Gasteiger partial charge in [0, 0.05) is 0 Å². The molecule has 1 fully saturated rings. The van der Waals surface area contributed by atoms with Crippen LogP contribution in [0.5, 0.6) is 0 Å². The third kappa shape index (κ3) is 2.07. The van der Waals surface area contributed by atoms with Crippen molar-refractivity contribution in [1.82, 2.24) is 0 Å². The molecule has 1 aromatic carbocycles. The zero-order chi connectivity index (χ0) is 10.7. The molecule has 0 spiro atoms. The predicted molar refractivity (Wildman–Crippen MR) is 65.0 cm³/mol. The molecule has 0 unspecified atom stereocenters. The molecule has 2 rings (SSSR count). The summed E-state index contributed by atoms with van der Waals surface area (Å²) < 4.78 is 0. The van der Waals surface area contributed by atoms with E-state index >= 15 is 0 Å². The SMILES string of the molecule is Cc1ccc(C2(CCN)CCCC2)cc1. The van der Waals surface area contributed by atoms with Gasteiger partial charge in [0.25, 0.3) is 0 Å². The molecule has 0 heterocycles. The van der Waals surface area contributed by atoms with Crippen molar-refractivity contribution in [2.75, 3.05) is 6.54 Å². The largest absolute Gasteiger partial charge is 0.330 e. The Bertz CT molecular complexity index is 307. The molecule has 0 aromatic heterocycles. The maximum atomic E-state index is 5.76. The van der Waals surface area contributed by atoms with Crippen molar-refractivity contribution in [3.8, 4) is 0 Å². The first kappa shape index (κ1) is 10.7. The van der Waals surface area contributed by atoms with E-state index in [1.54, 1.807) is 0 Å². The van der Waals surface area contributed by atoms with Crippen molar-refractivity contribution < 1.29 is 0 Å². The Kier molecular flexibility index (Phi) is 3.11. The molecule has 82 valence electrons. The second-order valence-electron chi connectivity index (χ2n) is 4.89. The highest BCUT2D eigenvalue weighted by molar-refractivity contribution is 5.29. The van der Waals surface area contributed by atoms with Crippen LogP contribution in [0.2, 0.25) is 0 Å². The summed E-state index contributed by atoms with van der Waals surface area (Å²) >= 11 is 0. The Hall–Kier alpha value is -0.820. The molecule has 0 radical (unpaired) electrons. The van der Waals surface area contributed by atoms with Crippen molar-refractivity contribution in [2.45, 2.75) is 44.4 Å². The van der Waals surface area contributed by atoms with Crippen LogP contribution in [0.25, 0.3) is 0 Å². The maximum Gasteiger partial charge on any atom is -0.00350 e. The van der Waals surface area contributed by atoms with Crippen LogP contribution in [0.3, 0.4) is 0 Å². The van der Waals surface area contributed by atoms with Crippen molar-refractivity contribution in [1.29, 1.82) is 0 Å². The molecule has 1 nitrogen and oxygen atoms in total. The number of nitrogens with two attached hydrogens (primary N) is 1. The fraction of sp³-hybridized carbons (Fsp3) is 0.571. The number of hydrogen-bond donors (Lipinski definition) is 1. The average molecular weight is 203 g/mol. The Labute approximate surface area is 92.7 Å². The van der Waals surface area contributed by atoms with Gasteiger partial charge in [-0.3, -0.25) is 0 Å². The highest BCUT2D eigenvalue weighted by Crippen LogP contribution is 2.43. The van der Waals surface area contributed by atoms with Crippen LogP contribution in [-0.2, 0) is 5.41 Å². The third-order valence-electron chi connectivity index (χ3n) is 3.85. The molecule has 1 aliphatic carbocycles. The number of hydrogen-bond acceptors (Lipinski definition) is 1. The predicted octanol–water partition coefficient (Wildman–Crippen LogP) is 3.16. The zero-order valence-corrected chi connectivity index (χ0v) is 9.63. The van der Waals surface area contributed by atoms with Crippen molar-refractivity contribution in [2.24, 2.45) is 5.73 Å². The van der Waals surface area contributed by atoms with Gasteiger partial charge in [-0.25, -0.2) is 0 Å². The molecule has 1 saturated carbocycles. The lowest BCUT2D eigenvalue weighted by atomic mass is 9.76. The fourth-order valence-electron chi connectivity index (χ4n) is 2.92. The second kappa shape index (κ2) is 4.36. The summed E-state index contributed by atoms with van der Waals surface area (Å²) in [5.74, 6) is 0.